The number of hydrogen-bond acceptors (Lipinski definition) is 3. The second-order valence-corrected chi connectivity index (χ2v) is 7.84. The summed E-state index contributed by atoms with van der Waals surface area (Å²) in [6, 6.07) is 21.3. The lowest BCUT2D eigenvalue weighted by Crippen LogP contribution is -2.14. The van der Waals surface area contributed by atoms with Gasteiger partial charge in [0.15, 0.2) is 5.76 Å². The van der Waals surface area contributed by atoms with Gasteiger partial charge in [0.2, 0.25) is 5.78 Å². The average molecular weight is 499 g/mol. The van der Waals surface area contributed by atoms with E-state index in [2.05, 4.69) is 37.2 Å². The maximum atomic E-state index is 13.1. The molecule has 0 radical (unpaired) electrons. The van der Waals surface area contributed by atoms with E-state index >= 15 is 0 Å². The first-order valence-corrected chi connectivity index (χ1v) is 10.0. The maximum Gasteiger partial charge on any atom is 0.256 e. The molecule has 0 bridgehead atoms. The molecule has 3 aromatic carbocycles. The number of ketones is 1. The summed E-state index contributed by atoms with van der Waals surface area (Å²) in [5.74, 6) is -0.529. The van der Waals surface area contributed by atoms with Gasteiger partial charge in [-0.05, 0) is 64.5 Å². The van der Waals surface area contributed by atoms with Gasteiger partial charge in [-0.2, -0.15) is 0 Å². The number of fused-ring (bicyclic) bond motifs is 1. The van der Waals surface area contributed by atoms with E-state index in [4.69, 9.17) is 4.42 Å². The Kier molecular flexibility index (Phi) is 5.15. The maximum absolute atomic E-state index is 13.1. The van der Waals surface area contributed by atoms with Crippen LogP contribution in [0, 0.1) is 0 Å². The molecule has 1 N–H and O–H groups in total. The van der Waals surface area contributed by atoms with Crippen molar-refractivity contribution >= 4 is 60.2 Å². The molecule has 1 aromatic heterocycles. The van der Waals surface area contributed by atoms with Crippen LogP contribution in [0.15, 0.2) is 86.2 Å². The number of amides is 1. The third-order valence-corrected chi connectivity index (χ3v) is 5.49. The summed E-state index contributed by atoms with van der Waals surface area (Å²) in [4.78, 5) is 25.9. The summed E-state index contributed by atoms with van der Waals surface area (Å²) in [7, 11) is 0. The van der Waals surface area contributed by atoms with Crippen LogP contribution in [0.3, 0.4) is 0 Å². The van der Waals surface area contributed by atoms with Crippen molar-refractivity contribution in [3.8, 4) is 0 Å². The molecule has 6 heteroatoms. The van der Waals surface area contributed by atoms with Crippen molar-refractivity contribution in [3.05, 3.63) is 98.6 Å². The second kappa shape index (κ2) is 7.73. The lowest BCUT2D eigenvalue weighted by Gasteiger charge is -2.07. The Balaban J connectivity index is 1.79. The Morgan fingerprint density at radius 2 is 1.50 bits per heavy atom. The molecule has 0 saturated heterocycles. The Labute approximate surface area is 177 Å². The Morgan fingerprint density at radius 3 is 2.25 bits per heavy atom. The van der Waals surface area contributed by atoms with E-state index in [1.54, 1.807) is 48.5 Å². The molecule has 0 saturated carbocycles. The lowest BCUT2D eigenvalue weighted by molar-refractivity contribution is 0.101. The zero-order valence-corrected chi connectivity index (χ0v) is 17.6. The quantitative estimate of drug-likeness (QED) is 0.329. The predicted octanol–water partition coefficient (Wildman–Crippen LogP) is 6.44. The fourth-order valence-electron chi connectivity index (χ4n) is 2.89. The minimum Gasteiger partial charge on any atom is -0.450 e. The van der Waals surface area contributed by atoms with Gasteiger partial charge in [0.05, 0.1) is 11.3 Å². The smallest absolute Gasteiger partial charge is 0.256 e. The van der Waals surface area contributed by atoms with Crippen molar-refractivity contribution in [1.29, 1.82) is 0 Å². The van der Waals surface area contributed by atoms with E-state index < -0.39 is 0 Å². The Bertz CT molecular complexity index is 1200. The fraction of sp³-hybridized carbons (Fsp3) is 0. The molecule has 1 heterocycles. The molecule has 0 atom stereocenters. The van der Waals surface area contributed by atoms with E-state index in [0.717, 1.165) is 4.47 Å². The van der Waals surface area contributed by atoms with Crippen LogP contribution in [0.4, 0.5) is 5.69 Å². The van der Waals surface area contributed by atoms with Crippen molar-refractivity contribution in [2.45, 2.75) is 0 Å². The first-order chi connectivity index (χ1) is 13.5. The lowest BCUT2D eigenvalue weighted by atomic mass is 10.1. The summed E-state index contributed by atoms with van der Waals surface area (Å²) in [5.41, 5.74) is 1.84. The molecule has 4 nitrogen and oxygen atoms in total. The van der Waals surface area contributed by atoms with Crippen LogP contribution in [0.1, 0.15) is 26.5 Å². The number of rotatable bonds is 4. The zero-order valence-electron chi connectivity index (χ0n) is 14.4. The zero-order chi connectivity index (χ0) is 19.7. The van der Waals surface area contributed by atoms with Crippen LogP contribution in [0.25, 0.3) is 11.0 Å². The monoisotopic (exact) mass is 497 g/mol. The molecule has 0 spiro atoms. The van der Waals surface area contributed by atoms with Gasteiger partial charge in [-0.25, -0.2) is 0 Å². The van der Waals surface area contributed by atoms with Crippen LogP contribution in [-0.4, -0.2) is 11.7 Å². The van der Waals surface area contributed by atoms with Gasteiger partial charge in [0, 0.05) is 19.9 Å². The van der Waals surface area contributed by atoms with Gasteiger partial charge >= 0.3 is 0 Å². The SMILES string of the molecule is O=C(Nc1c(C(=O)c2ccc(Br)cc2)oc2ccccc12)c1ccccc1Br. The number of hydrogen-bond donors (Lipinski definition) is 1. The van der Waals surface area contributed by atoms with Crippen LogP contribution >= 0.6 is 31.9 Å². The van der Waals surface area contributed by atoms with E-state index in [9.17, 15) is 9.59 Å². The molecule has 1 amide bonds. The highest BCUT2D eigenvalue weighted by Gasteiger charge is 2.24. The van der Waals surface area contributed by atoms with E-state index in [1.807, 2.05) is 24.3 Å². The van der Waals surface area contributed by atoms with Crippen molar-refractivity contribution in [2.75, 3.05) is 5.32 Å². The van der Waals surface area contributed by atoms with Gasteiger partial charge in [-0.3, -0.25) is 9.59 Å². The molecule has 0 aliphatic rings. The minimum atomic E-state index is -0.330. The molecule has 0 aliphatic carbocycles. The van der Waals surface area contributed by atoms with Crippen molar-refractivity contribution < 1.29 is 14.0 Å². The van der Waals surface area contributed by atoms with E-state index in [0.29, 0.717) is 32.3 Å². The molecular formula is C22H13Br2NO3. The number of carbonyl (C=O) groups is 2. The van der Waals surface area contributed by atoms with Gasteiger partial charge in [-0.1, -0.05) is 40.2 Å². The van der Waals surface area contributed by atoms with Gasteiger partial charge in [-0.15, -0.1) is 0 Å². The number of nitrogens with one attached hydrogen (secondary N) is 1. The number of halogens is 2. The van der Waals surface area contributed by atoms with Crippen molar-refractivity contribution in [2.24, 2.45) is 0 Å². The summed E-state index contributed by atoms with van der Waals surface area (Å²) in [5, 5.41) is 3.53. The average Bonchev–Trinajstić information content (AvgIpc) is 3.07. The first-order valence-electron chi connectivity index (χ1n) is 8.42. The summed E-state index contributed by atoms with van der Waals surface area (Å²) in [6.45, 7) is 0. The van der Waals surface area contributed by atoms with Crippen molar-refractivity contribution in [3.63, 3.8) is 0 Å². The molecule has 0 fully saturated rings. The summed E-state index contributed by atoms with van der Waals surface area (Å²) >= 11 is 6.75. The third kappa shape index (κ3) is 3.53. The molecule has 0 aliphatic heterocycles. The normalized spacial score (nSPS) is 10.8. The fourth-order valence-corrected chi connectivity index (χ4v) is 3.62. The molecule has 4 aromatic rings. The number of carbonyl (C=O) groups excluding carboxylic acids is 2. The van der Waals surface area contributed by atoms with Gasteiger partial charge in [0.25, 0.3) is 5.91 Å². The number of furan rings is 1. The topological polar surface area (TPSA) is 59.3 Å². The first kappa shape index (κ1) is 18.7. The molecular weight excluding hydrogens is 486 g/mol. The summed E-state index contributed by atoms with van der Waals surface area (Å²) < 4.78 is 7.36. The molecule has 4 rings (SSSR count). The highest BCUT2D eigenvalue weighted by Crippen LogP contribution is 2.33. The van der Waals surface area contributed by atoms with Crippen LogP contribution in [0.2, 0.25) is 0 Å². The van der Waals surface area contributed by atoms with E-state index in [1.165, 1.54) is 0 Å². The molecule has 138 valence electrons. The molecule has 0 unspecified atom stereocenters. The standard InChI is InChI=1S/C22H13Br2NO3/c23-14-11-9-13(10-12-14)20(26)21-19(16-6-2-4-8-18(16)28-21)25-22(27)15-5-1-3-7-17(15)24/h1-12H,(H,25,27). The highest BCUT2D eigenvalue weighted by molar-refractivity contribution is 9.10. The van der Waals surface area contributed by atoms with E-state index in [-0.39, 0.29) is 17.5 Å². The molecule has 28 heavy (non-hydrogen) atoms. The Morgan fingerprint density at radius 1 is 0.821 bits per heavy atom. The third-order valence-electron chi connectivity index (χ3n) is 4.27. The highest BCUT2D eigenvalue weighted by atomic mass is 79.9. The minimum absolute atomic E-state index is 0.101. The number of benzene rings is 3. The second-order valence-electron chi connectivity index (χ2n) is 6.07. The number of para-hydroxylation sites is 1. The summed E-state index contributed by atoms with van der Waals surface area (Å²) in [6.07, 6.45) is 0. The van der Waals surface area contributed by atoms with Crippen LogP contribution in [0.5, 0.6) is 0 Å². The van der Waals surface area contributed by atoms with Crippen LogP contribution < -0.4 is 5.32 Å². The predicted molar refractivity (Wildman–Crippen MR) is 116 cm³/mol. The van der Waals surface area contributed by atoms with Gasteiger partial charge in [0.1, 0.15) is 5.58 Å². The Hall–Kier alpha value is -2.70. The number of anilines is 1. The van der Waals surface area contributed by atoms with Gasteiger partial charge < -0.3 is 9.73 Å². The van der Waals surface area contributed by atoms with Crippen LogP contribution in [-0.2, 0) is 0 Å². The largest absolute Gasteiger partial charge is 0.450 e. The van der Waals surface area contributed by atoms with Crippen molar-refractivity contribution in [1.82, 2.24) is 0 Å².